The number of aliphatic hydroxyl groups is 1. The summed E-state index contributed by atoms with van der Waals surface area (Å²) in [6.07, 6.45) is 0. The molecule has 0 saturated carbocycles. The number of hydrogen-bond acceptors (Lipinski definition) is 6. The third kappa shape index (κ3) is 3.36. The monoisotopic (exact) mass is 340 g/mol. The minimum atomic E-state index is -1.00. The maximum absolute atomic E-state index is 12.2. The lowest BCUT2D eigenvalue weighted by molar-refractivity contribution is -0.386. The van der Waals surface area contributed by atoms with Gasteiger partial charge in [-0.15, -0.1) is 0 Å². The van der Waals surface area contributed by atoms with E-state index in [0.717, 1.165) is 5.56 Å². The van der Waals surface area contributed by atoms with Crippen LogP contribution in [0.15, 0.2) is 63.8 Å². The van der Waals surface area contributed by atoms with Gasteiger partial charge in [-0.05, 0) is 17.7 Å². The van der Waals surface area contributed by atoms with E-state index in [1.165, 1.54) is 0 Å². The van der Waals surface area contributed by atoms with Crippen molar-refractivity contribution in [1.29, 1.82) is 0 Å². The van der Waals surface area contributed by atoms with Crippen LogP contribution >= 0.6 is 0 Å². The lowest BCUT2D eigenvalue weighted by Gasteiger charge is -2.24. The van der Waals surface area contributed by atoms with Crippen molar-refractivity contribution in [3.8, 4) is 0 Å². The van der Waals surface area contributed by atoms with Crippen molar-refractivity contribution in [2.24, 2.45) is 0 Å². The quantitative estimate of drug-likeness (QED) is 0.421. The number of fused-ring (bicyclic) bond motifs is 1. The molecular weight excluding hydrogens is 324 g/mol. The number of para-hydroxylation sites is 1. The van der Waals surface area contributed by atoms with Crippen LogP contribution in [0.1, 0.15) is 5.56 Å². The Morgan fingerprint density at radius 2 is 1.76 bits per heavy atom. The molecule has 3 aromatic rings. The Labute approximate surface area is 142 Å². The molecule has 2 aromatic carbocycles. The van der Waals surface area contributed by atoms with Crippen molar-refractivity contribution in [3.05, 3.63) is 80.7 Å². The molecule has 1 heterocycles. The van der Waals surface area contributed by atoms with Gasteiger partial charge in [0.25, 0.3) is 0 Å². The number of nitro groups is 1. The van der Waals surface area contributed by atoms with E-state index < -0.39 is 16.2 Å². The predicted octanol–water partition coefficient (Wildman–Crippen LogP) is 2.70. The van der Waals surface area contributed by atoms with Crippen LogP contribution in [-0.4, -0.2) is 23.2 Å². The Hall–Kier alpha value is -3.19. The van der Waals surface area contributed by atoms with Gasteiger partial charge in [0.15, 0.2) is 0 Å². The fourth-order valence-corrected chi connectivity index (χ4v) is 2.80. The predicted molar refractivity (Wildman–Crippen MR) is 93.7 cm³/mol. The van der Waals surface area contributed by atoms with E-state index >= 15 is 0 Å². The summed E-state index contributed by atoms with van der Waals surface area (Å²) in [5.41, 5.74) is -0.292. The zero-order chi connectivity index (χ0) is 17.8. The Kier molecular flexibility index (Phi) is 4.76. The Balaban J connectivity index is 2.23. The molecule has 0 radical (unpaired) electrons. The van der Waals surface area contributed by atoms with Crippen molar-refractivity contribution < 1.29 is 14.4 Å². The Morgan fingerprint density at radius 3 is 2.44 bits per heavy atom. The highest BCUT2D eigenvalue weighted by atomic mass is 16.6. The summed E-state index contributed by atoms with van der Waals surface area (Å²) in [5, 5.41) is 21.4. The van der Waals surface area contributed by atoms with E-state index in [2.05, 4.69) is 0 Å². The molecule has 128 valence electrons. The molecule has 0 atom stereocenters. The van der Waals surface area contributed by atoms with Crippen molar-refractivity contribution in [2.75, 3.05) is 18.1 Å². The van der Waals surface area contributed by atoms with Crippen molar-refractivity contribution in [3.63, 3.8) is 0 Å². The van der Waals surface area contributed by atoms with Crippen LogP contribution in [0.2, 0.25) is 0 Å². The van der Waals surface area contributed by atoms with Crippen LogP contribution in [0.5, 0.6) is 0 Å². The molecule has 3 rings (SSSR count). The number of hydrogen-bond donors (Lipinski definition) is 1. The third-order valence-electron chi connectivity index (χ3n) is 3.85. The first-order valence-electron chi connectivity index (χ1n) is 7.72. The van der Waals surface area contributed by atoms with E-state index in [-0.39, 0.29) is 24.4 Å². The van der Waals surface area contributed by atoms with Gasteiger partial charge in [0.2, 0.25) is 0 Å². The first kappa shape index (κ1) is 16.7. The first-order valence-corrected chi connectivity index (χ1v) is 7.72. The average Bonchev–Trinajstić information content (AvgIpc) is 2.61. The van der Waals surface area contributed by atoms with Crippen molar-refractivity contribution >= 4 is 22.3 Å². The molecule has 0 aliphatic rings. The van der Waals surface area contributed by atoms with Gasteiger partial charge in [0.1, 0.15) is 11.3 Å². The van der Waals surface area contributed by atoms with Gasteiger partial charge >= 0.3 is 11.3 Å². The Morgan fingerprint density at radius 1 is 1.08 bits per heavy atom. The summed E-state index contributed by atoms with van der Waals surface area (Å²) in [4.78, 5) is 24.6. The van der Waals surface area contributed by atoms with Gasteiger partial charge in [-0.1, -0.05) is 42.5 Å². The maximum Gasteiger partial charge on any atom is 0.417 e. The zero-order valence-electron chi connectivity index (χ0n) is 13.3. The van der Waals surface area contributed by atoms with E-state index in [1.54, 1.807) is 29.2 Å². The second-order valence-corrected chi connectivity index (χ2v) is 5.47. The minimum absolute atomic E-state index is 0.142. The first-order chi connectivity index (χ1) is 12.1. The highest BCUT2D eigenvalue weighted by Gasteiger charge is 2.28. The standard InChI is InChI=1S/C18H16N2O5/c21-11-10-19(12-13-6-2-1-3-7-13)16-14-8-4-5-9-15(14)25-18(22)17(16)20(23)24/h1-9,21H,10-12H2. The molecule has 1 aromatic heterocycles. The minimum Gasteiger partial charge on any atom is -0.418 e. The van der Waals surface area contributed by atoms with Crippen LogP contribution < -0.4 is 10.5 Å². The molecular formula is C18H16N2O5. The molecule has 25 heavy (non-hydrogen) atoms. The van der Waals surface area contributed by atoms with Gasteiger partial charge in [0, 0.05) is 18.5 Å². The van der Waals surface area contributed by atoms with E-state index in [4.69, 9.17) is 4.42 Å². The van der Waals surface area contributed by atoms with Crippen LogP contribution in [0.25, 0.3) is 11.0 Å². The van der Waals surface area contributed by atoms with Crippen molar-refractivity contribution in [1.82, 2.24) is 0 Å². The SMILES string of the molecule is O=c1oc2ccccc2c(N(CCO)Cc2ccccc2)c1[N+](=O)[O-]. The zero-order valence-corrected chi connectivity index (χ0v) is 13.3. The molecule has 0 aliphatic heterocycles. The van der Waals surface area contributed by atoms with E-state index in [0.29, 0.717) is 11.9 Å². The number of rotatable bonds is 6. The average molecular weight is 340 g/mol. The molecule has 0 amide bonds. The smallest absolute Gasteiger partial charge is 0.417 e. The molecule has 0 unspecified atom stereocenters. The van der Waals surface area contributed by atoms with Gasteiger partial charge in [-0.3, -0.25) is 10.1 Å². The summed E-state index contributed by atoms with van der Waals surface area (Å²) >= 11 is 0. The number of nitrogens with zero attached hydrogens (tertiary/aromatic N) is 2. The molecule has 0 spiro atoms. The highest BCUT2D eigenvalue weighted by molar-refractivity contribution is 5.94. The molecule has 1 N–H and O–H groups in total. The molecule has 0 aliphatic carbocycles. The fourth-order valence-electron chi connectivity index (χ4n) is 2.80. The van der Waals surface area contributed by atoms with Gasteiger partial charge < -0.3 is 14.4 Å². The third-order valence-corrected chi connectivity index (χ3v) is 3.85. The molecule has 7 heteroatoms. The number of aliphatic hydroxyl groups excluding tert-OH is 1. The van der Waals surface area contributed by atoms with Crippen LogP contribution in [-0.2, 0) is 6.54 Å². The van der Waals surface area contributed by atoms with Crippen LogP contribution in [0.4, 0.5) is 11.4 Å². The van der Waals surface area contributed by atoms with Crippen LogP contribution in [0.3, 0.4) is 0 Å². The summed E-state index contributed by atoms with van der Waals surface area (Å²) in [6, 6.07) is 16.0. The second kappa shape index (κ2) is 7.14. The second-order valence-electron chi connectivity index (χ2n) is 5.47. The van der Waals surface area contributed by atoms with Gasteiger partial charge in [0.05, 0.1) is 11.5 Å². The van der Waals surface area contributed by atoms with Crippen molar-refractivity contribution in [2.45, 2.75) is 6.54 Å². The van der Waals surface area contributed by atoms with E-state index in [1.807, 2.05) is 30.3 Å². The number of benzene rings is 2. The lowest BCUT2D eigenvalue weighted by atomic mass is 10.1. The van der Waals surface area contributed by atoms with Gasteiger partial charge in [-0.2, -0.15) is 0 Å². The maximum atomic E-state index is 12.2. The lowest BCUT2D eigenvalue weighted by Crippen LogP contribution is -2.28. The van der Waals surface area contributed by atoms with Crippen LogP contribution in [0, 0.1) is 10.1 Å². The van der Waals surface area contributed by atoms with Gasteiger partial charge in [-0.25, -0.2) is 4.79 Å². The molecule has 0 bridgehead atoms. The summed E-state index contributed by atoms with van der Waals surface area (Å²) < 4.78 is 5.09. The topological polar surface area (TPSA) is 96.8 Å². The molecule has 0 fully saturated rings. The molecule has 0 saturated heterocycles. The largest absolute Gasteiger partial charge is 0.418 e. The Bertz CT molecular complexity index is 953. The number of anilines is 1. The summed E-state index contributed by atoms with van der Waals surface area (Å²) in [7, 11) is 0. The summed E-state index contributed by atoms with van der Waals surface area (Å²) in [6.45, 7) is 0.247. The highest BCUT2D eigenvalue weighted by Crippen LogP contribution is 2.34. The summed E-state index contributed by atoms with van der Waals surface area (Å²) in [5.74, 6) is 0. The normalized spacial score (nSPS) is 10.8. The van der Waals surface area contributed by atoms with E-state index in [9.17, 15) is 20.0 Å². The fraction of sp³-hybridized carbons (Fsp3) is 0.167. The molecule has 7 nitrogen and oxygen atoms in total.